The summed E-state index contributed by atoms with van der Waals surface area (Å²) < 4.78 is 19.7. The molecule has 2 aromatic carbocycles. The molecule has 1 aliphatic heterocycles. The smallest absolute Gasteiger partial charge is 0.245 e. The van der Waals surface area contributed by atoms with E-state index in [9.17, 15) is 9.18 Å². The number of fused-ring (bicyclic) bond motifs is 1. The topological polar surface area (TPSA) is 64.3 Å². The van der Waals surface area contributed by atoms with Gasteiger partial charge in [0.1, 0.15) is 23.4 Å². The molecule has 1 unspecified atom stereocenters. The van der Waals surface area contributed by atoms with Crippen LogP contribution in [0.25, 0.3) is 0 Å². The molecule has 1 aliphatic rings. The lowest BCUT2D eigenvalue weighted by Crippen LogP contribution is -2.19. The second-order valence-electron chi connectivity index (χ2n) is 4.85. The van der Waals surface area contributed by atoms with Crippen LogP contribution in [-0.2, 0) is 4.79 Å². The molecule has 21 heavy (non-hydrogen) atoms. The predicted octanol–water partition coefficient (Wildman–Crippen LogP) is 3.64. The Morgan fingerprint density at radius 3 is 2.81 bits per heavy atom. The van der Waals surface area contributed by atoms with Crippen LogP contribution in [0.3, 0.4) is 0 Å². The van der Waals surface area contributed by atoms with Crippen molar-refractivity contribution in [1.29, 1.82) is 0 Å². The van der Waals surface area contributed by atoms with Crippen LogP contribution in [0.5, 0.6) is 11.5 Å². The second-order valence-corrected chi connectivity index (χ2v) is 5.70. The molecule has 0 aliphatic carbocycles. The molecule has 0 radical (unpaired) electrons. The summed E-state index contributed by atoms with van der Waals surface area (Å²) in [5, 5.41) is 2.69. The van der Waals surface area contributed by atoms with E-state index >= 15 is 0 Å². The molecule has 6 heteroatoms. The van der Waals surface area contributed by atoms with E-state index in [-0.39, 0.29) is 11.7 Å². The molecular formula is C15H12BrFN2O2. The van der Waals surface area contributed by atoms with Gasteiger partial charge in [-0.2, -0.15) is 0 Å². The quantitative estimate of drug-likeness (QED) is 0.868. The first kappa shape index (κ1) is 14.0. The third-order valence-electron chi connectivity index (χ3n) is 3.35. The zero-order valence-electron chi connectivity index (χ0n) is 11.1. The molecule has 0 saturated carbocycles. The van der Waals surface area contributed by atoms with Gasteiger partial charge in [0.2, 0.25) is 5.91 Å². The van der Waals surface area contributed by atoms with Gasteiger partial charge in [-0.1, -0.05) is 6.07 Å². The van der Waals surface area contributed by atoms with E-state index in [1.165, 1.54) is 12.1 Å². The average molecular weight is 351 g/mol. The van der Waals surface area contributed by atoms with Crippen molar-refractivity contribution in [2.24, 2.45) is 5.73 Å². The van der Waals surface area contributed by atoms with Crippen LogP contribution in [-0.4, -0.2) is 5.91 Å². The number of hydrogen-bond acceptors (Lipinski definition) is 3. The fourth-order valence-corrected chi connectivity index (χ4v) is 2.61. The summed E-state index contributed by atoms with van der Waals surface area (Å²) in [6.07, 6.45) is 0. The Morgan fingerprint density at radius 2 is 2.05 bits per heavy atom. The number of anilines is 1. The van der Waals surface area contributed by atoms with Crippen LogP contribution < -0.4 is 15.8 Å². The molecule has 0 spiro atoms. The molecular weight excluding hydrogens is 339 g/mol. The summed E-state index contributed by atoms with van der Waals surface area (Å²) in [7, 11) is 0. The summed E-state index contributed by atoms with van der Waals surface area (Å²) >= 11 is 3.38. The van der Waals surface area contributed by atoms with Crippen molar-refractivity contribution in [3.05, 3.63) is 51.7 Å². The molecule has 0 bridgehead atoms. The molecule has 0 aromatic heterocycles. The monoisotopic (exact) mass is 350 g/mol. The van der Waals surface area contributed by atoms with Gasteiger partial charge in [0.05, 0.1) is 4.47 Å². The van der Waals surface area contributed by atoms with Gasteiger partial charge < -0.3 is 15.8 Å². The maximum Gasteiger partial charge on any atom is 0.245 e. The highest BCUT2D eigenvalue weighted by Crippen LogP contribution is 2.40. The minimum Gasteiger partial charge on any atom is -0.456 e. The highest BCUT2D eigenvalue weighted by atomic mass is 79.9. The molecule has 0 fully saturated rings. The van der Waals surface area contributed by atoms with Crippen molar-refractivity contribution in [1.82, 2.24) is 0 Å². The molecule has 3 rings (SSSR count). The number of carbonyl (C=O) groups is 1. The summed E-state index contributed by atoms with van der Waals surface area (Å²) in [6, 6.07) is 7.07. The van der Waals surface area contributed by atoms with Gasteiger partial charge in [0, 0.05) is 23.4 Å². The minimum absolute atomic E-state index is 0.254. The molecule has 1 heterocycles. The molecule has 1 atom stereocenters. The molecule has 108 valence electrons. The van der Waals surface area contributed by atoms with E-state index in [0.717, 1.165) is 5.56 Å². The zero-order valence-corrected chi connectivity index (χ0v) is 12.7. The Kier molecular flexibility index (Phi) is 3.43. The van der Waals surface area contributed by atoms with Gasteiger partial charge in [0.15, 0.2) is 0 Å². The predicted molar refractivity (Wildman–Crippen MR) is 80.9 cm³/mol. The molecule has 3 N–H and O–H groups in total. The summed E-state index contributed by atoms with van der Waals surface area (Å²) in [6.45, 7) is 1.83. The first-order chi connectivity index (χ1) is 9.95. The Bertz CT molecular complexity index is 749. The molecule has 4 nitrogen and oxygen atoms in total. The highest BCUT2D eigenvalue weighted by Gasteiger charge is 2.28. The number of benzene rings is 2. The maximum atomic E-state index is 13.3. The van der Waals surface area contributed by atoms with Crippen LogP contribution in [0.15, 0.2) is 34.8 Å². The lowest BCUT2D eigenvalue weighted by molar-refractivity contribution is -0.116. The van der Waals surface area contributed by atoms with Gasteiger partial charge in [-0.15, -0.1) is 0 Å². The second kappa shape index (κ2) is 5.13. The van der Waals surface area contributed by atoms with E-state index < -0.39 is 6.04 Å². The first-order valence-corrected chi connectivity index (χ1v) is 7.09. The van der Waals surface area contributed by atoms with Gasteiger partial charge in [0.25, 0.3) is 0 Å². The summed E-state index contributed by atoms with van der Waals surface area (Å²) in [5.74, 6) is 0.278. The summed E-state index contributed by atoms with van der Waals surface area (Å²) in [5.41, 5.74) is 7.91. The van der Waals surface area contributed by atoms with Crippen LogP contribution in [0.1, 0.15) is 17.2 Å². The summed E-state index contributed by atoms with van der Waals surface area (Å²) in [4.78, 5) is 11.6. The standard InChI is InChI=1S/C15H12BrFN2O2/c1-7-2-3-8(17)4-12(7)21-13-6-11-9(5-10(13)16)14(18)15(20)19-11/h2-6,14H,18H2,1H3,(H,19,20). The lowest BCUT2D eigenvalue weighted by atomic mass is 10.1. The van der Waals surface area contributed by atoms with Crippen LogP contribution in [0.2, 0.25) is 0 Å². The fraction of sp³-hybridized carbons (Fsp3) is 0.133. The number of hydrogen-bond donors (Lipinski definition) is 2. The van der Waals surface area contributed by atoms with E-state index in [1.54, 1.807) is 18.2 Å². The van der Waals surface area contributed by atoms with Crippen molar-refractivity contribution in [2.75, 3.05) is 5.32 Å². The molecule has 0 saturated heterocycles. The number of ether oxygens (including phenoxy) is 1. The Labute approximate surface area is 129 Å². The van der Waals surface area contributed by atoms with E-state index in [0.29, 0.717) is 27.2 Å². The minimum atomic E-state index is -0.679. The number of nitrogens with one attached hydrogen (secondary N) is 1. The lowest BCUT2D eigenvalue weighted by Gasteiger charge is -2.12. The van der Waals surface area contributed by atoms with Crippen LogP contribution in [0, 0.1) is 12.7 Å². The molecule has 1 amide bonds. The highest BCUT2D eigenvalue weighted by molar-refractivity contribution is 9.10. The van der Waals surface area contributed by atoms with E-state index in [4.69, 9.17) is 10.5 Å². The van der Waals surface area contributed by atoms with Gasteiger partial charge in [-0.3, -0.25) is 4.79 Å². The van der Waals surface area contributed by atoms with Crippen molar-refractivity contribution < 1.29 is 13.9 Å². The van der Waals surface area contributed by atoms with Crippen molar-refractivity contribution in [3.8, 4) is 11.5 Å². The number of rotatable bonds is 2. The largest absolute Gasteiger partial charge is 0.456 e. The number of halogens is 2. The van der Waals surface area contributed by atoms with Gasteiger partial charge in [-0.05, 0) is 40.5 Å². The Balaban J connectivity index is 1.99. The van der Waals surface area contributed by atoms with Gasteiger partial charge in [-0.25, -0.2) is 4.39 Å². The number of aryl methyl sites for hydroxylation is 1. The fourth-order valence-electron chi connectivity index (χ4n) is 2.17. The molecule has 2 aromatic rings. The van der Waals surface area contributed by atoms with Crippen molar-refractivity contribution >= 4 is 27.5 Å². The first-order valence-electron chi connectivity index (χ1n) is 6.29. The van der Waals surface area contributed by atoms with Crippen LogP contribution >= 0.6 is 15.9 Å². The number of carbonyl (C=O) groups excluding carboxylic acids is 1. The van der Waals surface area contributed by atoms with E-state index in [2.05, 4.69) is 21.2 Å². The Hall–Kier alpha value is -1.92. The average Bonchev–Trinajstić information content (AvgIpc) is 2.70. The third kappa shape index (κ3) is 2.52. The maximum absolute atomic E-state index is 13.3. The van der Waals surface area contributed by atoms with Crippen molar-refractivity contribution in [3.63, 3.8) is 0 Å². The number of amides is 1. The SMILES string of the molecule is Cc1ccc(F)cc1Oc1cc2c(cc1Br)C(N)C(=O)N2. The zero-order chi connectivity index (χ0) is 15.1. The normalized spacial score (nSPS) is 16.6. The third-order valence-corrected chi connectivity index (χ3v) is 3.97. The van der Waals surface area contributed by atoms with Gasteiger partial charge >= 0.3 is 0 Å². The number of nitrogens with two attached hydrogens (primary N) is 1. The van der Waals surface area contributed by atoms with Crippen molar-refractivity contribution in [2.45, 2.75) is 13.0 Å². The van der Waals surface area contributed by atoms with Crippen LogP contribution in [0.4, 0.5) is 10.1 Å². The Morgan fingerprint density at radius 1 is 1.29 bits per heavy atom. The van der Waals surface area contributed by atoms with E-state index in [1.807, 2.05) is 6.92 Å².